The molecule has 16 heavy (non-hydrogen) atoms. The normalized spacial score (nSPS) is 12.6. The fourth-order valence-electron chi connectivity index (χ4n) is 0.478. The van der Waals surface area contributed by atoms with Gasteiger partial charge in [-0.25, -0.2) is 0 Å². The third-order valence-corrected chi connectivity index (χ3v) is 3.09. The lowest BCUT2D eigenvalue weighted by molar-refractivity contribution is -0.138. The highest BCUT2D eigenvalue weighted by Gasteiger charge is 2.09. The number of hydrogen-bond acceptors (Lipinski definition) is 3. The van der Waals surface area contributed by atoms with Gasteiger partial charge in [-0.2, -0.15) is 11.8 Å². The molecule has 0 saturated heterocycles. The van der Waals surface area contributed by atoms with Crippen molar-refractivity contribution in [2.75, 3.05) is 11.5 Å². The first kappa shape index (κ1) is 18.2. The number of nitrogens with two attached hydrogens (primary N) is 1. The number of carbonyl (C=O) groups is 1. The van der Waals surface area contributed by atoms with Gasteiger partial charge in [-0.1, -0.05) is 41.0 Å². The van der Waals surface area contributed by atoms with Crippen molar-refractivity contribution in [2.24, 2.45) is 11.1 Å². The predicted molar refractivity (Wildman–Crippen MR) is 73.0 cm³/mol. The third kappa shape index (κ3) is 16.2. The molecule has 0 aromatic rings. The van der Waals surface area contributed by atoms with Crippen LogP contribution in [0, 0.1) is 5.41 Å². The number of hydrogen-bond donors (Lipinski definition) is 2. The predicted octanol–water partition coefficient (Wildman–Crippen LogP) is 2.98. The van der Waals surface area contributed by atoms with Crippen molar-refractivity contribution in [3.8, 4) is 0 Å². The second-order valence-electron chi connectivity index (χ2n) is 4.84. The Hall–Kier alpha value is -0.220. The van der Waals surface area contributed by atoms with Crippen molar-refractivity contribution in [3.05, 3.63) is 0 Å². The molecule has 1 atom stereocenters. The summed E-state index contributed by atoms with van der Waals surface area (Å²) in [5.74, 6) is 0.952. The fraction of sp³-hybridized carbons (Fsp3) is 0.917. The molecule has 98 valence electrons. The molecule has 0 radical (unpaired) electrons. The maximum atomic E-state index is 10.2. The van der Waals surface area contributed by atoms with Crippen LogP contribution in [0.25, 0.3) is 0 Å². The zero-order valence-corrected chi connectivity index (χ0v) is 12.1. The first-order valence-corrected chi connectivity index (χ1v) is 6.96. The third-order valence-electron chi connectivity index (χ3n) is 2.16. The van der Waals surface area contributed by atoms with Crippen LogP contribution in [0.1, 0.15) is 47.5 Å². The van der Waals surface area contributed by atoms with Crippen LogP contribution in [0.3, 0.4) is 0 Å². The van der Waals surface area contributed by atoms with Gasteiger partial charge in [-0.3, -0.25) is 4.79 Å². The Balaban J connectivity index is 0. The van der Waals surface area contributed by atoms with Gasteiger partial charge >= 0.3 is 5.97 Å². The van der Waals surface area contributed by atoms with Crippen molar-refractivity contribution in [1.82, 2.24) is 0 Å². The highest BCUT2D eigenvalue weighted by atomic mass is 32.2. The lowest BCUT2D eigenvalue weighted by Gasteiger charge is -2.12. The zero-order valence-electron chi connectivity index (χ0n) is 11.2. The Labute approximate surface area is 104 Å². The van der Waals surface area contributed by atoms with Crippen LogP contribution in [-0.4, -0.2) is 28.6 Å². The van der Waals surface area contributed by atoms with Crippen LogP contribution in [0.4, 0.5) is 0 Å². The highest BCUT2D eigenvalue weighted by molar-refractivity contribution is 7.99. The number of carboxylic acid groups (broad SMARTS) is 1. The van der Waals surface area contributed by atoms with E-state index in [2.05, 4.69) is 27.7 Å². The molecule has 3 nitrogen and oxygen atoms in total. The maximum absolute atomic E-state index is 10.2. The van der Waals surface area contributed by atoms with Crippen molar-refractivity contribution in [2.45, 2.75) is 53.5 Å². The van der Waals surface area contributed by atoms with Crippen LogP contribution in [0.15, 0.2) is 0 Å². The van der Waals surface area contributed by atoms with E-state index in [0.717, 1.165) is 11.5 Å². The van der Waals surface area contributed by atoms with Gasteiger partial charge in [-0.05, 0) is 23.3 Å². The van der Waals surface area contributed by atoms with Crippen molar-refractivity contribution in [1.29, 1.82) is 0 Å². The molecular weight excluding hydrogens is 222 g/mol. The van der Waals surface area contributed by atoms with Gasteiger partial charge in [0.2, 0.25) is 0 Å². The smallest absolute Gasteiger partial charge is 0.320 e. The first-order chi connectivity index (χ1) is 7.24. The molecule has 0 aliphatic rings. The first-order valence-electron chi connectivity index (χ1n) is 5.80. The van der Waals surface area contributed by atoms with E-state index in [1.807, 2.05) is 6.92 Å². The summed E-state index contributed by atoms with van der Waals surface area (Å²) in [5.41, 5.74) is 5.79. The molecule has 0 rings (SSSR count). The number of carboxylic acids is 1. The van der Waals surface area contributed by atoms with Crippen LogP contribution >= 0.6 is 11.8 Å². The van der Waals surface area contributed by atoms with E-state index < -0.39 is 12.0 Å². The Morgan fingerprint density at radius 2 is 1.81 bits per heavy atom. The standard InChI is InChI=1S/C6H13NO2S.C6H14/c1-2-10-4-3-5(7)6(8)9;1-5-6(2,3)4/h5H,2-4,7H2,1H3,(H,8,9);5H2,1-4H3/t5-;/m0./s1. The van der Waals surface area contributed by atoms with Crippen molar-refractivity contribution < 1.29 is 9.90 Å². The summed E-state index contributed by atoms with van der Waals surface area (Å²) >= 11 is 1.71. The minimum absolute atomic E-state index is 0.542. The summed E-state index contributed by atoms with van der Waals surface area (Å²) in [4.78, 5) is 10.2. The van der Waals surface area contributed by atoms with Crippen LogP contribution < -0.4 is 5.73 Å². The molecule has 0 spiro atoms. The number of rotatable bonds is 5. The Morgan fingerprint density at radius 3 is 2.06 bits per heavy atom. The average Bonchev–Trinajstić information content (AvgIpc) is 2.17. The quantitative estimate of drug-likeness (QED) is 0.735. The van der Waals surface area contributed by atoms with Gasteiger partial charge in [0, 0.05) is 0 Å². The maximum Gasteiger partial charge on any atom is 0.320 e. The summed E-state index contributed by atoms with van der Waals surface area (Å²) in [5, 5.41) is 8.35. The second kappa shape index (κ2) is 9.97. The van der Waals surface area contributed by atoms with E-state index in [1.165, 1.54) is 6.42 Å². The molecule has 0 unspecified atom stereocenters. The van der Waals surface area contributed by atoms with E-state index in [9.17, 15) is 4.79 Å². The average molecular weight is 249 g/mol. The molecule has 0 heterocycles. The van der Waals surface area contributed by atoms with Gasteiger partial charge in [0.15, 0.2) is 0 Å². The zero-order chi connectivity index (χ0) is 13.2. The summed E-state index contributed by atoms with van der Waals surface area (Å²) in [6, 6.07) is -0.681. The summed E-state index contributed by atoms with van der Waals surface area (Å²) < 4.78 is 0. The van der Waals surface area contributed by atoms with E-state index in [1.54, 1.807) is 11.8 Å². The monoisotopic (exact) mass is 249 g/mol. The Bertz CT molecular complexity index is 178. The Morgan fingerprint density at radius 1 is 1.38 bits per heavy atom. The molecule has 0 aliphatic heterocycles. The molecule has 0 aliphatic carbocycles. The summed E-state index contributed by atoms with van der Waals surface area (Å²) in [7, 11) is 0. The van der Waals surface area contributed by atoms with E-state index >= 15 is 0 Å². The molecule has 0 aromatic carbocycles. The van der Waals surface area contributed by atoms with Crippen molar-refractivity contribution in [3.63, 3.8) is 0 Å². The molecule has 0 aromatic heterocycles. The van der Waals surface area contributed by atoms with Gasteiger partial charge in [0.25, 0.3) is 0 Å². The largest absolute Gasteiger partial charge is 0.480 e. The molecule has 0 bridgehead atoms. The lowest BCUT2D eigenvalue weighted by Crippen LogP contribution is -2.30. The second-order valence-corrected chi connectivity index (χ2v) is 6.24. The molecule has 3 N–H and O–H groups in total. The highest BCUT2D eigenvalue weighted by Crippen LogP contribution is 2.16. The molecule has 0 fully saturated rings. The van der Waals surface area contributed by atoms with Crippen molar-refractivity contribution >= 4 is 17.7 Å². The van der Waals surface area contributed by atoms with E-state index in [-0.39, 0.29) is 0 Å². The minimum atomic E-state index is -0.906. The number of aliphatic carboxylic acids is 1. The minimum Gasteiger partial charge on any atom is -0.480 e. The molecular formula is C12H27NO2S. The van der Waals surface area contributed by atoms with E-state index in [0.29, 0.717) is 11.8 Å². The summed E-state index contributed by atoms with van der Waals surface area (Å²) in [6.45, 7) is 11.0. The van der Waals surface area contributed by atoms with Crippen LogP contribution in [-0.2, 0) is 4.79 Å². The van der Waals surface area contributed by atoms with Gasteiger partial charge in [-0.15, -0.1) is 0 Å². The lowest BCUT2D eigenvalue weighted by atomic mass is 9.94. The summed E-state index contributed by atoms with van der Waals surface area (Å²) in [6.07, 6.45) is 1.83. The fourth-order valence-corrected chi connectivity index (χ4v) is 1.19. The molecule has 4 heteroatoms. The van der Waals surface area contributed by atoms with Gasteiger partial charge in [0.05, 0.1) is 0 Å². The van der Waals surface area contributed by atoms with Gasteiger partial charge in [0.1, 0.15) is 6.04 Å². The van der Waals surface area contributed by atoms with Crippen LogP contribution in [0.5, 0.6) is 0 Å². The van der Waals surface area contributed by atoms with Crippen LogP contribution in [0.2, 0.25) is 0 Å². The SMILES string of the molecule is CCC(C)(C)C.CCSCC[C@H](N)C(=O)O. The number of thioether (sulfide) groups is 1. The van der Waals surface area contributed by atoms with Gasteiger partial charge < -0.3 is 10.8 Å². The van der Waals surface area contributed by atoms with E-state index in [4.69, 9.17) is 10.8 Å². The molecule has 0 amide bonds. The topological polar surface area (TPSA) is 63.3 Å². The molecule has 0 saturated carbocycles. The Kier molecular flexibility index (Phi) is 11.3.